The first-order valence-corrected chi connectivity index (χ1v) is 4.99. The van der Waals surface area contributed by atoms with Crippen LogP contribution in [0.1, 0.15) is 24.2 Å². The van der Waals surface area contributed by atoms with Gasteiger partial charge < -0.3 is 9.47 Å². The van der Waals surface area contributed by atoms with E-state index in [1.54, 1.807) is 25.1 Å². The predicted molar refractivity (Wildman–Crippen MR) is 58.7 cm³/mol. The lowest BCUT2D eigenvalue weighted by molar-refractivity contribution is 0.112. The average molecular weight is 219 g/mol. The monoisotopic (exact) mass is 219 g/mol. The third kappa shape index (κ3) is 2.99. The summed E-state index contributed by atoms with van der Waals surface area (Å²) < 4.78 is 10.7. The second-order valence-corrected chi connectivity index (χ2v) is 3.15. The third-order valence-electron chi connectivity index (χ3n) is 1.89. The molecule has 1 aromatic rings. The zero-order valence-electron chi connectivity index (χ0n) is 9.27. The Balaban J connectivity index is 2.98. The minimum atomic E-state index is -0.554. The lowest BCUT2D eigenvalue weighted by Crippen LogP contribution is -2.09. The molecule has 0 saturated heterocycles. The van der Waals surface area contributed by atoms with E-state index in [0.29, 0.717) is 23.7 Å². The number of ether oxygens (including phenoxy) is 2. The summed E-state index contributed by atoms with van der Waals surface area (Å²) in [6.45, 7) is 3.95. The van der Waals surface area contributed by atoms with Gasteiger partial charge in [-0.1, -0.05) is 0 Å². The number of carbonyl (C=O) groups excluding carboxylic acids is 1. The Morgan fingerprint density at radius 3 is 2.81 bits per heavy atom. The third-order valence-corrected chi connectivity index (χ3v) is 1.89. The highest BCUT2D eigenvalue weighted by Gasteiger charge is 2.09. The molecule has 4 heteroatoms. The second-order valence-electron chi connectivity index (χ2n) is 3.15. The van der Waals surface area contributed by atoms with Gasteiger partial charge in [-0.3, -0.25) is 4.79 Å². The largest absolute Gasteiger partial charge is 0.490 e. The Morgan fingerprint density at radius 1 is 1.50 bits per heavy atom. The standard InChI is InChI=1S/C12H13NO3/c1-3-15-12-6-10(8-14)4-5-11(12)16-9(2)7-13/h4-6,8-9H,3H2,1-2H3. The summed E-state index contributed by atoms with van der Waals surface area (Å²) in [5, 5.41) is 8.65. The molecule has 0 fully saturated rings. The van der Waals surface area contributed by atoms with E-state index in [0.717, 1.165) is 6.29 Å². The summed E-state index contributed by atoms with van der Waals surface area (Å²) >= 11 is 0. The number of hydrogen-bond acceptors (Lipinski definition) is 4. The molecule has 0 aliphatic carbocycles. The molecule has 0 aromatic heterocycles. The summed E-state index contributed by atoms with van der Waals surface area (Å²) in [6.07, 6.45) is 0.182. The van der Waals surface area contributed by atoms with Crippen LogP contribution in [0.15, 0.2) is 18.2 Å². The van der Waals surface area contributed by atoms with Gasteiger partial charge in [-0.05, 0) is 32.0 Å². The lowest BCUT2D eigenvalue weighted by atomic mass is 10.2. The SMILES string of the molecule is CCOc1cc(C=O)ccc1OC(C)C#N. The van der Waals surface area contributed by atoms with Crippen LogP contribution in [-0.4, -0.2) is 19.0 Å². The van der Waals surface area contributed by atoms with Gasteiger partial charge in [0.05, 0.1) is 6.61 Å². The van der Waals surface area contributed by atoms with Gasteiger partial charge in [0.25, 0.3) is 0 Å². The van der Waals surface area contributed by atoms with Crippen LogP contribution >= 0.6 is 0 Å². The van der Waals surface area contributed by atoms with E-state index in [4.69, 9.17) is 14.7 Å². The normalized spacial score (nSPS) is 11.3. The van der Waals surface area contributed by atoms with Crippen LogP contribution in [0.2, 0.25) is 0 Å². The van der Waals surface area contributed by atoms with Crippen molar-refractivity contribution < 1.29 is 14.3 Å². The maximum atomic E-state index is 10.6. The van der Waals surface area contributed by atoms with E-state index in [2.05, 4.69) is 0 Å². The number of carbonyl (C=O) groups is 1. The predicted octanol–water partition coefficient (Wildman–Crippen LogP) is 2.19. The van der Waals surface area contributed by atoms with Crippen molar-refractivity contribution in [3.63, 3.8) is 0 Å². The molecule has 0 saturated carbocycles. The number of rotatable bonds is 5. The van der Waals surface area contributed by atoms with E-state index in [9.17, 15) is 4.79 Å². The van der Waals surface area contributed by atoms with E-state index < -0.39 is 6.10 Å². The quantitative estimate of drug-likeness (QED) is 0.712. The van der Waals surface area contributed by atoms with Gasteiger partial charge in [0.15, 0.2) is 17.6 Å². The molecule has 4 nitrogen and oxygen atoms in total. The Morgan fingerprint density at radius 2 is 2.25 bits per heavy atom. The second kappa shape index (κ2) is 5.76. The highest BCUT2D eigenvalue weighted by Crippen LogP contribution is 2.28. The first kappa shape index (κ1) is 12.1. The molecule has 1 aromatic carbocycles. The van der Waals surface area contributed by atoms with Crippen LogP contribution in [-0.2, 0) is 0 Å². The number of aldehydes is 1. The van der Waals surface area contributed by atoms with Crippen molar-refractivity contribution >= 4 is 6.29 Å². The van der Waals surface area contributed by atoms with Crippen molar-refractivity contribution in [3.05, 3.63) is 23.8 Å². The van der Waals surface area contributed by atoms with Crippen LogP contribution in [0, 0.1) is 11.3 Å². The molecule has 0 amide bonds. The molecular weight excluding hydrogens is 206 g/mol. The van der Waals surface area contributed by atoms with Gasteiger partial charge in [0.2, 0.25) is 0 Å². The van der Waals surface area contributed by atoms with Crippen molar-refractivity contribution in [3.8, 4) is 17.6 Å². The maximum absolute atomic E-state index is 10.6. The summed E-state index contributed by atoms with van der Waals surface area (Å²) in [7, 11) is 0. The Labute approximate surface area is 94.4 Å². The molecule has 0 radical (unpaired) electrons. The fraction of sp³-hybridized carbons (Fsp3) is 0.333. The number of hydrogen-bond donors (Lipinski definition) is 0. The molecule has 1 atom stereocenters. The molecule has 1 rings (SSSR count). The van der Waals surface area contributed by atoms with Crippen LogP contribution < -0.4 is 9.47 Å². The van der Waals surface area contributed by atoms with E-state index in [1.807, 2.05) is 13.0 Å². The first-order valence-electron chi connectivity index (χ1n) is 4.99. The molecule has 1 unspecified atom stereocenters. The number of nitrogens with zero attached hydrogens (tertiary/aromatic N) is 1. The first-order chi connectivity index (χ1) is 7.71. The zero-order valence-corrected chi connectivity index (χ0v) is 9.27. The molecule has 0 N–H and O–H groups in total. The Kier molecular flexibility index (Phi) is 4.34. The number of nitriles is 1. The highest BCUT2D eigenvalue weighted by molar-refractivity contribution is 5.76. The van der Waals surface area contributed by atoms with Gasteiger partial charge >= 0.3 is 0 Å². The van der Waals surface area contributed by atoms with Gasteiger partial charge in [0, 0.05) is 5.56 Å². The van der Waals surface area contributed by atoms with Crippen molar-refractivity contribution in [2.24, 2.45) is 0 Å². The van der Waals surface area contributed by atoms with Crippen molar-refractivity contribution in [2.75, 3.05) is 6.61 Å². The van der Waals surface area contributed by atoms with Gasteiger partial charge in [-0.25, -0.2) is 0 Å². The summed E-state index contributed by atoms with van der Waals surface area (Å²) in [5.74, 6) is 0.954. The zero-order chi connectivity index (χ0) is 12.0. The topological polar surface area (TPSA) is 59.3 Å². The van der Waals surface area contributed by atoms with Crippen LogP contribution in [0.5, 0.6) is 11.5 Å². The molecule has 0 bridgehead atoms. The van der Waals surface area contributed by atoms with Crippen LogP contribution in [0.4, 0.5) is 0 Å². The molecule has 16 heavy (non-hydrogen) atoms. The summed E-state index contributed by atoms with van der Waals surface area (Å²) in [6, 6.07) is 6.80. The van der Waals surface area contributed by atoms with Crippen molar-refractivity contribution in [1.29, 1.82) is 5.26 Å². The van der Waals surface area contributed by atoms with Crippen LogP contribution in [0.25, 0.3) is 0 Å². The fourth-order valence-corrected chi connectivity index (χ4v) is 1.18. The van der Waals surface area contributed by atoms with Crippen LogP contribution in [0.3, 0.4) is 0 Å². The molecule has 0 heterocycles. The number of benzene rings is 1. The molecule has 84 valence electrons. The maximum Gasteiger partial charge on any atom is 0.181 e. The summed E-state index contributed by atoms with van der Waals surface area (Å²) in [5.41, 5.74) is 0.514. The molecule has 0 spiro atoms. The molecule has 0 aliphatic heterocycles. The van der Waals surface area contributed by atoms with Gasteiger partial charge in [-0.15, -0.1) is 0 Å². The van der Waals surface area contributed by atoms with Gasteiger partial charge in [0.1, 0.15) is 12.4 Å². The minimum Gasteiger partial charge on any atom is -0.490 e. The van der Waals surface area contributed by atoms with Crippen molar-refractivity contribution in [2.45, 2.75) is 20.0 Å². The van der Waals surface area contributed by atoms with Gasteiger partial charge in [-0.2, -0.15) is 5.26 Å². The van der Waals surface area contributed by atoms with E-state index in [1.165, 1.54) is 0 Å². The van der Waals surface area contributed by atoms with E-state index in [-0.39, 0.29) is 0 Å². The summed E-state index contributed by atoms with van der Waals surface area (Å²) in [4.78, 5) is 10.6. The molecule has 0 aliphatic rings. The lowest BCUT2D eigenvalue weighted by Gasteiger charge is -2.13. The minimum absolute atomic E-state index is 0.472. The highest BCUT2D eigenvalue weighted by atomic mass is 16.5. The average Bonchev–Trinajstić information content (AvgIpc) is 2.31. The Bertz CT molecular complexity index is 409. The fourth-order valence-electron chi connectivity index (χ4n) is 1.18. The van der Waals surface area contributed by atoms with Crippen molar-refractivity contribution in [1.82, 2.24) is 0 Å². The Hall–Kier alpha value is -2.02. The smallest absolute Gasteiger partial charge is 0.181 e. The van der Waals surface area contributed by atoms with E-state index >= 15 is 0 Å². The molecular formula is C12H13NO3.